The molecule has 0 radical (unpaired) electrons. The Labute approximate surface area is 191 Å². The fourth-order valence-electron chi connectivity index (χ4n) is 3.25. The lowest BCUT2D eigenvalue weighted by atomic mass is 10.0. The summed E-state index contributed by atoms with van der Waals surface area (Å²) >= 11 is 0. The van der Waals surface area contributed by atoms with Crippen molar-refractivity contribution < 1.29 is 28.2 Å². The third-order valence-electron chi connectivity index (χ3n) is 4.95. The molecule has 0 aliphatic heterocycles. The fourth-order valence-corrected chi connectivity index (χ4v) is 3.25. The number of halogens is 1. The Morgan fingerprint density at radius 1 is 1.15 bits per heavy atom. The first kappa shape index (κ1) is 22.5. The number of esters is 1. The Balaban J connectivity index is 1.55. The molecular weight excluding hydrogens is 447 g/mol. The number of nitro groups is 1. The number of ether oxygens (including phenoxy) is 1. The van der Waals surface area contributed by atoms with E-state index in [1.165, 1.54) is 6.07 Å². The van der Waals surface area contributed by atoms with E-state index in [0.29, 0.717) is 16.8 Å². The summed E-state index contributed by atoms with van der Waals surface area (Å²) in [6.45, 7) is 2.82. The van der Waals surface area contributed by atoms with Gasteiger partial charge in [0.05, 0.1) is 32.9 Å². The second-order valence-electron chi connectivity index (χ2n) is 7.41. The number of nitro benzene ring substituents is 1. The van der Waals surface area contributed by atoms with E-state index in [0.717, 1.165) is 29.3 Å². The Morgan fingerprint density at radius 3 is 2.59 bits per heavy atom. The highest BCUT2D eigenvalue weighted by atomic mass is 19.1. The molecule has 2 aromatic carbocycles. The monoisotopic (exact) mass is 464 g/mol. The number of aromatic nitrogens is 2. The molecule has 0 aliphatic rings. The zero-order valence-electron chi connectivity index (χ0n) is 18.0. The lowest BCUT2D eigenvalue weighted by molar-refractivity contribution is -0.384. The minimum atomic E-state index is -0.876. The molecule has 0 fully saturated rings. The number of benzene rings is 2. The summed E-state index contributed by atoms with van der Waals surface area (Å²) in [5.41, 5.74) is 2.05. The number of amides is 1. The van der Waals surface area contributed by atoms with Gasteiger partial charge in [0.25, 0.3) is 17.3 Å². The quantitative estimate of drug-likeness (QED) is 0.253. The first-order valence-electron chi connectivity index (χ1n) is 9.98. The third-order valence-corrected chi connectivity index (χ3v) is 4.95. The molecule has 0 unspecified atom stereocenters. The zero-order chi connectivity index (χ0) is 24.4. The number of nitrogens with zero attached hydrogens (tertiary/aromatic N) is 3. The molecule has 1 amide bonds. The number of fused-ring (bicyclic) bond motifs is 1. The van der Waals surface area contributed by atoms with E-state index in [9.17, 15) is 24.1 Å². The number of hydrogen-bond donors (Lipinski definition) is 1. The van der Waals surface area contributed by atoms with E-state index in [-0.39, 0.29) is 11.3 Å². The number of non-ortho nitro benzene ring substituents is 1. The molecule has 0 saturated carbocycles. The van der Waals surface area contributed by atoms with Crippen LogP contribution in [0, 0.1) is 29.8 Å². The fraction of sp³-hybridized carbons (Fsp3) is 0.130. The van der Waals surface area contributed by atoms with Crippen molar-refractivity contribution in [2.24, 2.45) is 0 Å². The summed E-state index contributed by atoms with van der Waals surface area (Å²) in [7, 11) is 0. The van der Waals surface area contributed by atoms with Crippen LogP contribution >= 0.6 is 0 Å². The van der Waals surface area contributed by atoms with Crippen LogP contribution in [0.25, 0.3) is 22.4 Å². The number of pyridine rings is 1. The van der Waals surface area contributed by atoms with Crippen molar-refractivity contribution in [1.82, 2.24) is 10.1 Å². The van der Waals surface area contributed by atoms with Crippen LogP contribution in [0.2, 0.25) is 0 Å². The van der Waals surface area contributed by atoms with Gasteiger partial charge in [-0.3, -0.25) is 14.9 Å². The summed E-state index contributed by atoms with van der Waals surface area (Å²) < 4.78 is 24.2. The second-order valence-corrected chi connectivity index (χ2v) is 7.41. The van der Waals surface area contributed by atoms with E-state index in [2.05, 4.69) is 15.5 Å². The second kappa shape index (κ2) is 9.06. The Morgan fingerprint density at radius 2 is 1.88 bits per heavy atom. The van der Waals surface area contributed by atoms with Gasteiger partial charge in [-0.05, 0) is 26.0 Å². The molecule has 11 heteroatoms. The van der Waals surface area contributed by atoms with Crippen molar-refractivity contribution >= 4 is 34.4 Å². The zero-order valence-corrected chi connectivity index (χ0v) is 18.0. The smallest absolute Gasteiger partial charge is 0.339 e. The molecule has 2 heterocycles. The summed E-state index contributed by atoms with van der Waals surface area (Å²) in [4.78, 5) is 39.6. The molecule has 4 rings (SSSR count). The molecular formula is C23H17FN4O6. The summed E-state index contributed by atoms with van der Waals surface area (Å²) in [5, 5.41) is 17.2. The maximum atomic E-state index is 13.9. The van der Waals surface area contributed by atoms with Gasteiger partial charge < -0.3 is 14.6 Å². The number of hydrogen-bond acceptors (Lipinski definition) is 8. The van der Waals surface area contributed by atoms with E-state index in [1.807, 2.05) is 31.2 Å². The van der Waals surface area contributed by atoms with Gasteiger partial charge >= 0.3 is 5.97 Å². The average Bonchev–Trinajstić information content (AvgIpc) is 3.19. The van der Waals surface area contributed by atoms with Gasteiger partial charge in [0, 0.05) is 17.7 Å². The highest BCUT2D eigenvalue weighted by Gasteiger charge is 2.22. The van der Waals surface area contributed by atoms with E-state index >= 15 is 0 Å². The molecule has 0 bridgehead atoms. The molecule has 0 saturated heterocycles. The van der Waals surface area contributed by atoms with Crippen LogP contribution in [0.4, 0.5) is 15.8 Å². The minimum Gasteiger partial charge on any atom is -0.452 e. The Hall–Kier alpha value is -4.67. The normalized spacial score (nSPS) is 10.8. The lowest BCUT2D eigenvalue weighted by Crippen LogP contribution is -2.21. The highest BCUT2D eigenvalue weighted by molar-refractivity contribution is 6.05. The highest BCUT2D eigenvalue weighted by Crippen LogP contribution is 2.28. The van der Waals surface area contributed by atoms with Crippen LogP contribution in [-0.4, -0.2) is 33.5 Å². The van der Waals surface area contributed by atoms with Gasteiger partial charge in [-0.1, -0.05) is 35.0 Å². The summed E-state index contributed by atoms with van der Waals surface area (Å²) in [6, 6.07) is 11.7. The topological polar surface area (TPSA) is 137 Å². The molecule has 34 heavy (non-hydrogen) atoms. The average molecular weight is 464 g/mol. The molecule has 172 valence electrons. The number of aryl methyl sites for hydroxylation is 2. The SMILES string of the molecule is Cc1ccc(-c2cc(C(=O)OCC(=O)Nc3cc([N+](=O)[O-])ccc3F)c3c(C)noc3n2)cc1. The number of rotatable bonds is 6. The third kappa shape index (κ3) is 4.58. The van der Waals surface area contributed by atoms with Gasteiger partial charge in [0.15, 0.2) is 6.61 Å². The predicted octanol–water partition coefficient (Wildman–Crippen LogP) is 4.35. The van der Waals surface area contributed by atoms with Crippen LogP contribution in [0.1, 0.15) is 21.6 Å². The number of nitrogens with one attached hydrogen (secondary N) is 1. The molecule has 0 aliphatic carbocycles. The van der Waals surface area contributed by atoms with Crippen LogP contribution < -0.4 is 5.32 Å². The van der Waals surface area contributed by atoms with Crippen LogP contribution in [0.3, 0.4) is 0 Å². The molecule has 1 N–H and O–H groups in total. The predicted molar refractivity (Wildman–Crippen MR) is 119 cm³/mol. The minimum absolute atomic E-state index is 0.0913. The molecule has 2 aromatic heterocycles. The first-order valence-corrected chi connectivity index (χ1v) is 9.98. The van der Waals surface area contributed by atoms with Gasteiger partial charge in [-0.2, -0.15) is 0 Å². The van der Waals surface area contributed by atoms with Gasteiger partial charge in [0.2, 0.25) is 0 Å². The maximum absolute atomic E-state index is 13.9. The molecule has 4 aromatic rings. The van der Waals surface area contributed by atoms with Crippen LogP contribution in [0.5, 0.6) is 0 Å². The van der Waals surface area contributed by atoms with E-state index in [4.69, 9.17) is 9.26 Å². The van der Waals surface area contributed by atoms with Crippen molar-refractivity contribution in [2.45, 2.75) is 13.8 Å². The molecule has 0 spiro atoms. The largest absolute Gasteiger partial charge is 0.452 e. The standard InChI is InChI=1S/C23H17FN4O6/c1-12-3-5-14(6-4-12)18-10-16(21-13(2)27-34-22(21)26-18)23(30)33-11-20(29)25-19-9-15(28(31)32)7-8-17(19)24/h3-10H,11H2,1-2H3,(H,25,29). The molecule has 0 atom stereocenters. The van der Waals surface area contributed by atoms with E-state index in [1.54, 1.807) is 6.92 Å². The number of anilines is 1. The van der Waals surface area contributed by atoms with Crippen LogP contribution in [0.15, 0.2) is 53.1 Å². The van der Waals surface area contributed by atoms with Gasteiger partial charge in [-0.15, -0.1) is 0 Å². The van der Waals surface area contributed by atoms with Crippen molar-refractivity contribution in [1.29, 1.82) is 0 Å². The first-order chi connectivity index (χ1) is 16.2. The number of carbonyl (C=O) groups excluding carboxylic acids is 2. The molecule has 10 nitrogen and oxygen atoms in total. The van der Waals surface area contributed by atoms with E-state index < -0.39 is 40.6 Å². The van der Waals surface area contributed by atoms with Gasteiger partial charge in [-0.25, -0.2) is 14.2 Å². The lowest BCUT2D eigenvalue weighted by Gasteiger charge is -2.09. The van der Waals surface area contributed by atoms with Crippen molar-refractivity contribution in [3.8, 4) is 11.3 Å². The van der Waals surface area contributed by atoms with Crippen molar-refractivity contribution in [3.05, 3.63) is 81.3 Å². The number of carbonyl (C=O) groups is 2. The summed E-state index contributed by atoms with van der Waals surface area (Å²) in [6.07, 6.45) is 0. The van der Waals surface area contributed by atoms with Crippen LogP contribution in [-0.2, 0) is 9.53 Å². The van der Waals surface area contributed by atoms with Crippen molar-refractivity contribution in [2.75, 3.05) is 11.9 Å². The van der Waals surface area contributed by atoms with Gasteiger partial charge in [0.1, 0.15) is 5.82 Å². The summed E-state index contributed by atoms with van der Waals surface area (Å²) in [5.74, 6) is -2.59. The maximum Gasteiger partial charge on any atom is 0.339 e. The van der Waals surface area contributed by atoms with Crippen molar-refractivity contribution in [3.63, 3.8) is 0 Å². The Kier molecular flexibility index (Phi) is 6.00. The Bertz CT molecular complexity index is 1430.